The zero-order valence-electron chi connectivity index (χ0n) is 21.4. The lowest BCUT2D eigenvalue weighted by molar-refractivity contribution is 0.601. The predicted molar refractivity (Wildman–Crippen MR) is 158 cm³/mol. The first-order valence-corrected chi connectivity index (χ1v) is 13.0. The summed E-state index contributed by atoms with van der Waals surface area (Å²) in [5.74, 6) is 1.28. The van der Waals surface area contributed by atoms with Crippen LogP contribution in [0.25, 0.3) is 33.7 Å². The van der Waals surface area contributed by atoms with Gasteiger partial charge in [-0.15, -0.1) is 0 Å². The third kappa shape index (κ3) is 4.29. The van der Waals surface area contributed by atoms with Gasteiger partial charge < -0.3 is 9.32 Å². The van der Waals surface area contributed by atoms with E-state index in [1.807, 2.05) is 0 Å². The van der Waals surface area contributed by atoms with Crippen LogP contribution >= 0.6 is 0 Å². The van der Waals surface area contributed by atoms with Gasteiger partial charge in [-0.3, -0.25) is 0 Å². The molecule has 6 rings (SSSR count). The first-order valence-electron chi connectivity index (χ1n) is 13.0. The van der Waals surface area contributed by atoms with Crippen LogP contribution in [0.15, 0.2) is 120 Å². The standard InChI is InChI=1S/C35H31NO/c1-24-12-11-21-36(32-20-19-29(23-31(32)25(24)2)28-15-8-5-9-16-28)33-18-10-17-30-26(3)34(37-35(30)33)22-27-13-6-4-7-14-27/h4-11,13,15-24H,2,12,14H2,1,3H3/b21-11-,27-22-. The van der Waals surface area contributed by atoms with Crippen molar-refractivity contribution in [2.24, 2.45) is 5.92 Å². The summed E-state index contributed by atoms with van der Waals surface area (Å²) < 4.78 is 6.58. The number of allylic oxidation sites excluding steroid dienone is 7. The van der Waals surface area contributed by atoms with Crippen molar-refractivity contribution < 1.29 is 4.42 Å². The summed E-state index contributed by atoms with van der Waals surface area (Å²) in [5, 5.41) is 1.14. The third-order valence-electron chi connectivity index (χ3n) is 7.52. The Labute approximate surface area is 219 Å². The minimum atomic E-state index is 0.362. The van der Waals surface area contributed by atoms with Crippen LogP contribution in [0.2, 0.25) is 0 Å². The van der Waals surface area contributed by atoms with E-state index in [-0.39, 0.29) is 0 Å². The number of aryl methyl sites for hydroxylation is 1. The second kappa shape index (κ2) is 9.63. The van der Waals surface area contributed by atoms with Crippen molar-refractivity contribution in [2.45, 2.75) is 26.7 Å². The average Bonchev–Trinajstić information content (AvgIpc) is 3.26. The summed E-state index contributed by atoms with van der Waals surface area (Å²) in [6, 6.07) is 23.7. The van der Waals surface area contributed by atoms with Crippen LogP contribution in [0.1, 0.15) is 36.7 Å². The molecule has 0 saturated carbocycles. The lowest BCUT2D eigenvalue weighted by Gasteiger charge is -2.29. The second-order valence-electron chi connectivity index (χ2n) is 9.97. The number of furan rings is 1. The molecule has 0 saturated heterocycles. The number of rotatable bonds is 3. The lowest BCUT2D eigenvalue weighted by Crippen LogP contribution is -2.14. The van der Waals surface area contributed by atoms with Crippen LogP contribution in [0, 0.1) is 12.8 Å². The molecule has 182 valence electrons. The van der Waals surface area contributed by atoms with Gasteiger partial charge in [-0.05, 0) is 72.2 Å². The topological polar surface area (TPSA) is 16.4 Å². The highest BCUT2D eigenvalue weighted by molar-refractivity contribution is 5.98. The van der Waals surface area contributed by atoms with E-state index in [0.29, 0.717) is 5.92 Å². The fraction of sp³-hybridized carbons (Fsp3) is 0.143. The smallest absolute Gasteiger partial charge is 0.159 e. The van der Waals surface area contributed by atoms with E-state index >= 15 is 0 Å². The summed E-state index contributed by atoms with van der Waals surface area (Å²) in [7, 11) is 0. The van der Waals surface area contributed by atoms with Gasteiger partial charge in [0, 0.05) is 22.7 Å². The van der Waals surface area contributed by atoms with E-state index < -0.39 is 0 Å². The van der Waals surface area contributed by atoms with Crippen LogP contribution in [0.3, 0.4) is 0 Å². The largest absolute Gasteiger partial charge is 0.454 e. The molecule has 0 bridgehead atoms. The second-order valence-corrected chi connectivity index (χ2v) is 9.97. The molecule has 4 aromatic rings. The van der Waals surface area contributed by atoms with Crippen molar-refractivity contribution in [1.82, 2.24) is 0 Å². The number of hydrogen-bond donors (Lipinski definition) is 0. The minimum absolute atomic E-state index is 0.362. The molecule has 1 aliphatic heterocycles. The fourth-order valence-electron chi connectivity index (χ4n) is 5.26. The Morgan fingerprint density at radius 3 is 2.59 bits per heavy atom. The van der Waals surface area contributed by atoms with E-state index in [4.69, 9.17) is 4.42 Å². The minimum Gasteiger partial charge on any atom is -0.454 e. The van der Waals surface area contributed by atoms with Gasteiger partial charge in [0.15, 0.2) is 5.58 Å². The summed E-state index contributed by atoms with van der Waals surface area (Å²) in [6.45, 7) is 8.95. The van der Waals surface area contributed by atoms with Crippen LogP contribution < -0.4 is 4.90 Å². The summed E-state index contributed by atoms with van der Waals surface area (Å²) in [5.41, 5.74) is 10.2. The van der Waals surface area contributed by atoms with Gasteiger partial charge in [0.25, 0.3) is 0 Å². The van der Waals surface area contributed by atoms with E-state index in [2.05, 4.69) is 135 Å². The molecular weight excluding hydrogens is 450 g/mol. The molecule has 37 heavy (non-hydrogen) atoms. The number of hydrogen-bond acceptors (Lipinski definition) is 2. The molecule has 0 spiro atoms. The lowest BCUT2D eigenvalue weighted by atomic mass is 9.88. The first-order chi connectivity index (χ1) is 18.1. The number of nitrogens with zero attached hydrogens (tertiary/aromatic N) is 1. The summed E-state index contributed by atoms with van der Waals surface area (Å²) in [6.07, 6.45) is 17.0. The van der Waals surface area contributed by atoms with Crippen LogP contribution in [0.4, 0.5) is 11.4 Å². The average molecular weight is 482 g/mol. The Morgan fingerprint density at radius 1 is 0.919 bits per heavy atom. The van der Waals surface area contributed by atoms with Gasteiger partial charge in [0.1, 0.15) is 5.76 Å². The highest BCUT2D eigenvalue weighted by atomic mass is 16.3. The molecule has 3 aromatic carbocycles. The SMILES string of the molecule is C=C1c2cc(-c3ccccc3)ccc2N(c2cccc3c(C)c(/C=C4/C=CC=CC4)oc23)/C=C\CC1C. The molecule has 0 fully saturated rings. The quantitative estimate of drug-likeness (QED) is 0.289. The van der Waals surface area contributed by atoms with Crippen molar-refractivity contribution >= 4 is 34.0 Å². The molecule has 0 amide bonds. The van der Waals surface area contributed by atoms with Crippen LogP contribution in [-0.4, -0.2) is 0 Å². The Kier molecular flexibility index (Phi) is 6.02. The summed E-state index contributed by atoms with van der Waals surface area (Å²) in [4.78, 5) is 2.27. The van der Waals surface area contributed by atoms with Crippen LogP contribution in [-0.2, 0) is 0 Å². The zero-order chi connectivity index (χ0) is 25.4. The molecule has 1 aromatic heterocycles. The number of para-hydroxylation sites is 1. The molecule has 0 radical (unpaired) electrons. The number of fused-ring (bicyclic) bond motifs is 2. The van der Waals surface area contributed by atoms with E-state index in [0.717, 1.165) is 46.5 Å². The van der Waals surface area contributed by atoms with E-state index in [1.165, 1.54) is 27.8 Å². The molecule has 2 heteroatoms. The van der Waals surface area contributed by atoms with Gasteiger partial charge in [-0.2, -0.15) is 0 Å². The maximum absolute atomic E-state index is 6.58. The van der Waals surface area contributed by atoms with E-state index in [9.17, 15) is 0 Å². The van der Waals surface area contributed by atoms with Crippen molar-refractivity contribution in [2.75, 3.05) is 4.90 Å². The summed E-state index contributed by atoms with van der Waals surface area (Å²) >= 11 is 0. The molecule has 1 aliphatic carbocycles. The maximum atomic E-state index is 6.58. The molecule has 2 aliphatic rings. The van der Waals surface area contributed by atoms with Gasteiger partial charge >= 0.3 is 0 Å². The molecule has 2 nitrogen and oxygen atoms in total. The Morgan fingerprint density at radius 2 is 1.78 bits per heavy atom. The van der Waals surface area contributed by atoms with Crippen molar-refractivity contribution in [3.05, 3.63) is 132 Å². The molecule has 0 N–H and O–H groups in total. The monoisotopic (exact) mass is 481 g/mol. The van der Waals surface area contributed by atoms with Crippen LogP contribution in [0.5, 0.6) is 0 Å². The highest BCUT2D eigenvalue weighted by Crippen LogP contribution is 2.43. The molecular formula is C35H31NO. The normalized spacial score (nSPS) is 19.2. The third-order valence-corrected chi connectivity index (χ3v) is 7.52. The predicted octanol–water partition coefficient (Wildman–Crippen LogP) is 10.0. The molecule has 1 unspecified atom stereocenters. The molecule has 2 heterocycles. The highest BCUT2D eigenvalue weighted by Gasteiger charge is 2.23. The zero-order valence-corrected chi connectivity index (χ0v) is 21.4. The first kappa shape index (κ1) is 23.1. The Balaban J connectivity index is 1.51. The van der Waals surface area contributed by atoms with Crippen molar-refractivity contribution in [3.8, 4) is 11.1 Å². The fourth-order valence-corrected chi connectivity index (χ4v) is 5.26. The van der Waals surface area contributed by atoms with Gasteiger partial charge in [0.2, 0.25) is 0 Å². The van der Waals surface area contributed by atoms with Gasteiger partial charge in [-0.1, -0.05) is 92.4 Å². The van der Waals surface area contributed by atoms with Gasteiger partial charge in [0.05, 0.1) is 11.4 Å². The van der Waals surface area contributed by atoms with Gasteiger partial charge in [-0.25, -0.2) is 0 Å². The molecule has 1 atom stereocenters. The Bertz CT molecular complexity index is 1610. The van der Waals surface area contributed by atoms with Crippen molar-refractivity contribution in [1.29, 1.82) is 0 Å². The maximum Gasteiger partial charge on any atom is 0.159 e. The Hall–Kier alpha value is -4.30. The number of anilines is 2. The number of benzene rings is 3. The van der Waals surface area contributed by atoms with Crippen molar-refractivity contribution in [3.63, 3.8) is 0 Å². The van der Waals surface area contributed by atoms with E-state index in [1.54, 1.807) is 0 Å².